The summed E-state index contributed by atoms with van der Waals surface area (Å²) < 4.78 is 0. The fraction of sp³-hybridized carbons (Fsp3) is 0.286. The molecule has 3 aromatic carbocycles. The minimum Gasteiger partial charge on any atom is -0.131 e. The maximum absolute atomic E-state index is 3.47. The van der Waals surface area contributed by atoms with Crippen molar-refractivity contribution in [3.63, 3.8) is 0 Å². The maximum atomic E-state index is 3.47. The second kappa shape index (κ2) is 13.9. The topological polar surface area (TPSA) is 0 Å². The highest BCUT2D eigenvalue weighted by molar-refractivity contribution is 7.13. The lowest BCUT2D eigenvalue weighted by molar-refractivity contribution is 0.892. The molecule has 2 aliphatic carbocycles. The summed E-state index contributed by atoms with van der Waals surface area (Å²) in [4.78, 5) is 5.31. The molecule has 5 aromatic rings. The molecular weight excluding hydrogens is 569 g/mol. The van der Waals surface area contributed by atoms with Crippen molar-refractivity contribution >= 4 is 22.7 Å². The van der Waals surface area contributed by atoms with Gasteiger partial charge in [0, 0.05) is 20.9 Å². The Hall–Kier alpha value is -3.82. The van der Waals surface area contributed by atoms with Gasteiger partial charge in [-0.25, -0.2) is 0 Å². The molecule has 220 valence electrons. The Morgan fingerprint density at radius 2 is 0.909 bits per heavy atom. The lowest BCUT2D eigenvalue weighted by atomic mass is 9.80. The van der Waals surface area contributed by atoms with E-state index in [1.54, 1.807) is 11.1 Å². The first kappa shape index (κ1) is 30.2. The summed E-state index contributed by atoms with van der Waals surface area (Å²) in [5.74, 6) is 13.7. The van der Waals surface area contributed by atoms with Gasteiger partial charge >= 0.3 is 0 Å². The molecule has 0 nitrogen and oxygen atoms in total. The third-order valence-electron chi connectivity index (χ3n) is 8.48. The number of aryl methyl sites for hydroxylation is 4. The standard InChI is InChI=1S/C40H34S2.C2H6/c1-3-5-27-7-11-29(12-8-27)15-17-31-25-37-35-19-20-36-34(33(35)21-23-39(37)41-31)22-24-40-38(36)26-32(42-40)18-16-30-13-9-28(6-4-2)10-14-30;1-2/h7-14,19-20,25-26H,3-6,21-24H2,1-2H3;1-2H3. The van der Waals surface area contributed by atoms with Crippen LogP contribution in [0.15, 0.2) is 72.8 Å². The molecule has 0 saturated heterocycles. The van der Waals surface area contributed by atoms with Gasteiger partial charge in [-0.15, -0.1) is 22.7 Å². The normalized spacial score (nSPS) is 12.2. The molecule has 0 radical (unpaired) electrons. The molecule has 2 aliphatic rings. The SMILES string of the molecule is CC.CCCc1ccc(C#Cc2cc3c(s2)CCc2c-3ccc3c2CCc2sc(C#Cc4ccc(CCC)cc4)cc2-3)cc1. The zero-order valence-electron chi connectivity index (χ0n) is 26.4. The molecule has 7 rings (SSSR count). The van der Waals surface area contributed by atoms with Crippen LogP contribution in [0.2, 0.25) is 0 Å². The molecule has 2 heterocycles. The number of rotatable bonds is 4. The average molecular weight is 609 g/mol. The fourth-order valence-electron chi connectivity index (χ4n) is 6.41. The third kappa shape index (κ3) is 6.35. The Kier molecular flexibility index (Phi) is 9.52. The molecule has 0 spiro atoms. The van der Waals surface area contributed by atoms with Crippen molar-refractivity contribution in [2.75, 3.05) is 0 Å². The van der Waals surface area contributed by atoms with Crippen LogP contribution in [0.5, 0.6) is 0 Å². The van der Waals surface area contributed by atoms with Gasteiger partial charge in [-0.2, -0.15) is 0 Å². The zero-order valence-corrected chi connectivity index (χ0v) is 28.0. The van der Waals surface area contributed by atoms with E-state index >= 15 is 0 Å². The van der Waals surface area contributed by atoms with Crippen molar-refractivity contribution < 1.29 is 0 Å². The number of hydrogen-bond donors (Lipinski definition) is 0. The Bertz CT molecular complexity index is 1750. The van der Waals surface area contributed by atoms with Crippen LogP contribution in [0.1, 0.15) is 93.4 Å². The van der Waals surface area contributed by atoms with Gasteiger partial charge in [-0.3, -0.25) is 0 Å². The Labute approximate surface area is 272 Å². The summed E-state index contributed by atoms with van der Waals surface area (Å²) in [5.41, 5.74) is 13.7. The number of fused-ring (bicyclic) bond motifs is 7. The van der Waals surface area contributed by atoms with Crippen molar-refractivity contribution in [2.24, 2.45) is 0 Å². The van der Waals surface area contributed by atoms with Crippen LogP contribution in [0.4, 0.5) is 0 Å². The quantitative estimate of drug-likeness (QED) is 0.178. The fourth-order valence-corrected chi connectivity index (χ4v) is 8.46. The molecule has 0 amide bonds. The molecule has 0 saturated carbocycles. The van der Waals surface area contributed by atoms with E-state index in [1.807, 2.05) is 36.5 Å². The summed E-state index contributed by atoms with van der Waals surface area (Å²) in [6.45, 7) is 8.45. The van der Waals surface area contributed by atoms with Crippen LogP contribution in [0.25, 0.3) is 22.3 Å². The summed E-state index contributed by atoms with van der Waals surface area (Å²) in [7, 11) is 0. The molecule has 2 heteroatoms. The molecule has 0 fully saturated rings. The zero-order chi connectivity index (χ0) is 30.5. The Morgan fingerprint density at radius 1 is 0.500 bits per heavy atom. The highest BCUT2D eigenvalue weighted by Gasteiger charge is 2.27. The van der Waals surface area contributed by atoms with Gasteiger partial charge in [0.2, 0.25) is 0 Å². The van der Waals surface area contributed by atoms with Gasteiger partial charge in [0.15, 0.2) is 0 Å². The Balaban J connectivity index is 0.00000168. The highest BCUT2D eigenvalue weighted by Crippen LogP contribution is 2.46. The van der Waals surface area contributed by atoms with Crippen LogP contribution < -0.4 is 0 Å². The Morgan fingerprint density at radius 3 is 1.30 bits per heavy atom. The molecule has 0 atom stereocenters. The first-order chi connectivity index (χ1) is 21.7. The minimum atomic E-state index is 1.09. The summed E-state index contributed by atoms with van der Waals surface area (Å²) in [6, 6.07) is 26.9. The number of hydrogen-bond acceptors (Lipinski definition) is 2. The molecular formula is C42H40S2. The van der Waals surface area contributed by atoms with E-state index in [0.29, 0.717) is 0 Å². The largest absolute Gasteiger partial charge is 0.131 e. The lowest BCUT2D eigenvalue weighted by Gasteiger charge is -2.25. The van der Waals surface area contributed by atoms with Crippen LogP contribution in [-0.2, 0) is 38.5 Å². The van der Waals surface area contributed by atoms with E-state index < -0.39 is 0 Å². The van der Waals surface area contributed by atoms with Crippen LogP contribution in [0, 0.1) is 23.7 Å². The predicted octanol–water partition coefficient (Wildman–Crippen LogP) is 11.1. The van der Waals surface area contributed by atoms with Crippen molar-refractivity contribution in [2.45, 2.75) is 79.1 Å². The van der Waals surface area contributed by atoms with Crippen molar-refractivity contribution in [3.8, 4) is 45.9 Å². The van der Waals surface area contributed by atoms with Gasteiger partial charge < -0.3 is 0 Å². The van der Waals surface area contributed by atoms with Gasteiger partial charge in [-0.1, -0.05) is 101 Å². The van der Waals surface area contributed by atoms with Gasteiger partial charge in [0.1, 0.15) is 0 Å². The second-order valence-corrected chi connectivity index (χ2v) is 13.7. The molecule has 0 aliphatic heterocycles. The first-order valence-electron chi connectivity index (χ1n) is 16.3. The molecule has 44 heavy (non-hydrogen) atoms. The van der Waals surface area contributed by atoms with E-state index in [-0.39, 0.29) is 0 Å². The van der Waals surface area contributed by atoms with Crippen molar-refractivity contribution in [3.05, 3.63) is 126 Å². The van der Waals surface area contributed by atoms with Crippen molar-refractivity contribution in [1.29, 1.82) is 0 Å². The van der Waals surface area contributed by atoms with Gasteiger partial charge in [0.05, 0.1) is 9.75 Å². The predicted molar refractivity (Wildman–Crippen MR) is 192 cm³/mol. The molecule has 0 bridgehead atoms. The van der Waals surface area contributed by atoms with E-state index in [0.717, 1.165) is 49.7 Å². The van der Waals surface area contributed by atoms with Crippen LogP contribution in [0.3, 0.4) is 0 Å². The summed E-state index contributed by atoms with van der Waals surface area (Å²) in [5, 5.41) is 0. The summed E-state index contributed by atoms with van der Waals surface area (Å²) in [6.07, 6.45) is 9.08. The van der Waals surface area contributed by atoms with Gasteiger partial charge in [0.25, 0.3) is 0 Å². The van der Waals surface area contributed by atoms with Gasteiger partial charge in [-0.05, 0) is 119 Å². The average Bonchev–Trinajstić information content (AvgIpc) is 3.69. The summed E-state index contributed by atoms with van der Waals surface area (Å²) >= 11 is 3.76. The number of benzene rings is 3. The van der Waals surface area contributed by atoms with Crippen LogP contribution in [-0.4, -0.2) is 0 Å². The smallest absolute Gasteiger partial charge is 0.0781 e. The lowest BCUT2D eigenvalue weighted by Crippen LogP contribution is -2.10. The highest BCUT2D eigenvalue weighted by atomic mass is 32.1. The minimum absolute atomic E-state index is 1.09. The van der Waals surface area contributed by atoms with E-state index in [9.17, 15) is 0 Å². The first-order valence-corrected chi connectivity index (χ1v) is 17.9. The second-order valence-electron chi connectivity index (χ2n) is 11.4. The maximum Gasteiger partial charge on any atom is 0.0781 e. The third-order valence-corrected chi connectivity index (χ3v) is 10.7. The van der Waals surface area contributed by atoms with E-state index in [4.69, 9.17) is 0 Å². The monoisotopic (exact) mass is 608 g/mol. The number of thiophene rings is 2. The molecule has 0 N–H and O–H groups in total. The molecule has 0 unspecified atom stereocenters. The van der Waals surface area contributed by atoms with E-state index in [2.05, 4.69) is 110 Å². The van der Waals surface area contributed by atoms with Crippen LogP contribution >= 0.6 is 22.7 Å². The van der Waals surface area contributed by atoms with Crippen molar-refractivity contribution in [1.82, 2.24) is 0 Å². The molecule has 2 aromatic heterocycles. The van der Waals surface area contributed by atoms with E-state index in [1.165, 1.54) is 65.7 Å².